The van der Waals surface area contributed by atoms with E-state index in [-0.39, 0.29) is 0 Å². The Hall–Kier alpha value is 1.22. The Morgan fingerprint density at radius 2 is 2.25 bits per heavy atom. The Balaban J connectivity index is 2.48. The first-order valence-electron chi connectivity index (χ1n) is 1.37. The third kappa shape index (κ3) is 0.188. The molecule has 0 N–H and O–H groups in total. The van der Waals surface area contributed by atoms with Gasteiger partial charge in [-0.2, -0.15) is 0 Å². The van der Waals surface area contributed by atoms with Crippen molar-refractivity contribution in [3.63, 3.8) is 0 Å². The monoisotopic (exact) mass is 183 g/mol. The van der Waals surface area contributed by atoms with Gasteiger partial charge in [0.25, 0.3) is 0 Å². The predicted octanol–water partition coefficient (Wildman–Crippen LogP) is -2.47. The van der Waals surface area contributed by atoms with E-state index >= 15 is 0 Å². The summed E-state index contributed by atoms with van der Waals surface area (Å²) in [6.07, 6.45) is 0. The van der Waals surface area contributed by atoms with Gasteiger partial charge in [0.15, 0.2) is 0 Å². The van der Waals surface area contributed by atoms with Crippen molar-refractivity contribution >= 4 is 9.73 Å². The molecule has 0 aromatic rings. The van der Waals surface area contributed by atoms with Gasteiger partial charge in [0.1, 0.15) is 0 Å². The molecule has 0 aliphatic carbocycles. The molecule has 2 aliphatic rings. The molecule has 2 rings (SSSR count). The Morgan fingerprint density at radius 3 is 2.25 bits per heavy atom. The van der Waals surface area contributed by atoms with Gasteiger partial charge >= 0.3 is 36.2 Å². The molecule has 4 heavy (non-hydrogen) atoms. The summed E-state index contributed by atoms with van der Waals surface area (Å²) in [6.45, 7) is 0. The minimum absolute atomic E-state index is 0.906. The van der Waals surface area contributed by atoms with Crippen molar-refractivity contribution in [2.75, 3.05) is 6.06 Å². The van der Waals surface area contributed by atoms with E-state index < -0.39 is 0 Å². The van der Waals surface area contributed by atoms with Crippen LogP contribution in [0.25, 0.3) is 0 Å². The van der Waals surface area contributed by atoms with Crippen molar-refractivity contribution in [2.45, 2.75) is 0 Å². The van der Waals surface area contributed by atoms with Crippen LogP contribution in [-0.2, 0) is 0 Å². The van der Waals surface area contributed by atoms with Gasteiger partial charge in [0.05, 0.1) is 0 Å². The zero-order chi connectivity index (χ0) is 2.57. The van der Waals surface area contributed by atoms with Gasteiger partial charge in [0, 0.05) is 0 Å². The normalized spacial score (nSPS) is 50.0. The summed E-state index contributed by atoms with van der Waals surface area (Å²) in [6, 6.07) is 1.70. The van der Waals surface area contributed by atoms with E-state index in [1.54, 1.807) is 6.06 Å². The molecule has 1 atom stereocenters. The van der Waals surface area contributed by atoms with Gasteiger partial charge in [-0.05, 0) is 0 Å². The molecule has 2 saturated heterocycles. The Kier molecular flexibility index (Phi) is 0.311. The van der Waals surface area contributed by atoms with E-state index in [0.29, 0.717) is 0 Å². The molecule has 0 aromatic carbocycles. The van der Waals surface area contributed by atoms with Crippen LogP contribution in [-0.4, -0.2) is 10.3 Å². The van der Waals surface area contributed by atoms with E-state index in [9.17, 15) is 0 Å². The molecule has 1 unspecified atom stereocenters. The predicted molar refractivity (Wildman–Crippen MR) is 17.5 cm³/mol. The molecule has 0 amide bonds. The van der Waals surface area contributed by atoms with Crippen molar-refractivity contribution in [1.82, 2.24) is 0 Å². The van der Waals surface area contributed by atoms with E-state index in [2.05, 4.69) is 0 Å². The average Bonchev–Trinajstić information content (AvgIpc) is 1.36. The first kappa shape index (κ1) is 2.41. The second kappa shape index (κ2) is 0.516. The van der Waals surface area contributed by atoms with Crippen LogP contribution in [0.5, 0.6) is 0 Å². The molecule has 0 radical (unpaired) electrons. The third-order valence-electron chi connectivity index (χ3n) is 0.694. The second-order valence-electron chi connectivity index (χ2n) is 1.11. The minimum atomic E-state index is 0.906. The molecule has 2 heterocycles. The van der Waals surface area contributed by atoms with Crippen LogP contribution in [0.15, 0.2) is 0 Å². The fraction of sp³-hybridized carbons (Fsp3) is 1.00. The maximum absolute atomic E-state index is 1.70. The number of rotatable bonds is 0. The zero-order valence-electron chi connectivity index (χ0n) is 2.11. The quantitative estimate of drug-likeness (QED) is 0.221. The summed E-state index contributed by atoms with van der Waals surface area (Å²) in [5.74, 6) is 0. The van der Waals surface area contributed by atoms with Crippen LogP contribution < -0.4 is 20.4 Å². The van der Waals surface area contributed by atoms with Gasteiger partial charge in [-0.3, -0.25) is 0 Å². The van der Waals surface area contributed by atoms with Gasteiger partial charge in [-0.1, -0.05) is 0 Å². The first-order valence-corrected chi connectivity index (χ1v) is 7.00. The summed E-state index contributed by atoms with van der Waals surface area (Å²) in [5, 5.41) is 0. The van der Waals surface area contributed by atoms with E-state index in [4.69, 9.17) is 0 Å². The van der Waals surface area contributed by atoms with Crippen molar-refractivity contribution in [1.29, 1.82) is 0 Å². The Labute approximate surface area is 36.5 Å². The summed E-state index contributed by atoms with van der Waals surface area (Å²) < 4.78 is 1.42. The number of hydrogen-bond acceptors (Lipinski definition) is 0. The summed E-state index contributed by atoms with van der Waals surface area (Å²) >= 11 is 0.939. The number of hydrogen-bond donors (Lipinski definition) is 0. The summed E-state index contributed by atoms with van der Waals surface area (Å²) in [7, 11) is 0. The Morgan fingerprint density at radius 1 is 2.00 bits per heavy atom. The van der Waals surface area contributed by atoms with E-state index in [1.165, 1.54) is 4.29 Å². The molecule has 2 aliphatic heterocycles. The average molecular weight is 183 g/mol. The molecule has 0 spiro atoms. The second-order valence-corrected chi connectivity index (χ2v) is 11.0. The van der Waals surface area contributed by atoms with Gasteiger partial charge in [-0.25, -0.2) is 0 Å². The molecule has 22 valence electrons. The van der Waals surface area contributed by atoms with Gasteiger partial charge in [-0.15, -0.1) is 0 Å². The molecule has 0 bridgehead atoms. The van der Waals surface area contributed by atoms with Crippen molar-refractivity contribution in [3.8, 4) is 0 Å². The van der Waals surface area contributed by atoms with Crippen LogP contribution >= 0.6 is 5.44 Å². The molecule has 2 fully saturated rings. The van der Waals surface area contributed by atoms with Crippen LogP contribution in [0.1, 0.15) is 0 Å². The van der Waals surface area contributed by atoms with Gasteiger partial charge < -0.3 is 0 Å². The molecule has 3 heteroatoms. The van der Waals surface area contributed by atoms with E-state index in [0.717, 1.165) is 25.9 Å². The topological polar surface area (TPSA) is 0 Å². The molecular weight excluding hydrogens is 181 g/mol. The van der Waals surface area contributed by atoms with Crippen molar-refractivity contribution < 1.29 is 20.4 Å². The van der Waals surface area contributed by atoms with Crippen LogP contribution in [0.4, 0.5) is 0 Å². The fourth-order valence-corrected chi connectivity index (χ4v) is 6.72. The summed E-state index contributed by atoms with van der Waals surface area (Å²) in [5.41, 5.74) is 0.906. The fourth-order valence-electron chi connectivity index (χ4n) is 0.210. The molecule has 0 aromatic heterocycles. The first-order chi connectivity index (χ1) is 1.97. The molecule has 0 saturated carbocycles. The zero-order valence-corrected chi connectivity index (χ0v) is 5.16. The molecule has 0 nitrogen and oxygen atoms in total. The third-order valence-corrected chi connectivity index (χ3v) is 10.8. The van der Waals surface area contributed by atoms with Crippen molar-refractivity contribution in [2.24, 2.45) is 0 Å². The SMILES string of the molecule is C1B2[I-]P12. The Bertz CT molecular complexity index is 44.0. The molecular formula is CH2BIP-. The van der Waals surface area contributed by atoms with Crippen LogP contribution in [0.3, 0.4) is 0 Å². The van der Waals surface area contributed by atoms with E-state index in [1.807, 2.05) is 0 Å². The number of fused-ring (bicyclic) bond motifs is 1. The maximum atomic E-state index is 1.70. The number of halogens is 1. The van der Waals surface area contributed by atoms with Crippen LogP contribution in [0.2, 0.25) is 0 Å². The standard InChI is InChI=1S/CH2BIP/c1-2-3-4(1)2/h1H2/q-1. The van der Waals surface area contributed by atoms with Gasteiger partial charge in [0.2, 0.25) is 0 Å². The van der Waals surface area contributed by atoms with Crippen LogP contribution in [0, 0.1) is 0 Å². The summed E-state index contributed by atoms with van der Waals surface area (Å²) in [4.78, 5) is 0. The van der Waals surface area contributed by atoms with Crippen molar-refractivity contribution in [3.05, 3.63) is 0 Å².